The Morgan fingerprint density at radius 1 is 0.692 bits per heavy atom. The molecule has 0 spiro atoms. The van der Waals surface area contributed by atoms with Crippen molar-refractivity contribution in [1.29, 1.82) is 0 Å². The molecule has 0 radical (unpaired) electrons. The molecule has 194 valence electrons. The van der Waals surface area contributed by atoms with Crippen LogP contribution in [0.1, 0.15) is 59.5 Å². The highest BCUT2D eigenvalue weighted by Crippen LogP contribution is 2.32. The van der Waals surface area contributed by atoms with Gasteiger partial charge in [-0.1, -0.05) is 36.4 Å². The van der Waals surface area contributed by atoms with E-state index in [9.17, 15) is 19.2 Å². The van der Waals surface area contributed by atoms with Gasteiger partial charge in [0.05, 0.1) is 22.4 Å². The third kappa shape index (κ3) is 5.07. The molecule has 0 saturated heterocycles. The summed E-state index contributed by atoms with van der Waals surface area (Å²) in [6.07, 6.45) is -1.02. The number of benzene rings is 4. The molecule has 0 N–H and O–H groups in total. The number of esters is 1. The topological polar surface area (TPSA) is 90.0 Å². The lowest BCUT2D eigenvalue weighted by molar-refractivity contribution is 0.0318. The summed E-state index contributed by atoms with van der Waals surface area (Å²) in [4.78, 5) is 52.7. The highest BCUT2D eigenvalue weighted by molar-refractivity contribution is 6.34. The minimum atomic E-state index is -1.02. The zero-order valence-electron chi connectivity index (χ0n) is 21.6. The molecule has 1 aliphatic rings. The van der Waals surface area contributed by atoms with Crippen molar-refractivity contribution in [3.05, 3.63) is 124 Å². The maximum atomic E-state index is 13.2. The number of rotatable bonds is 7. The number of fused-ring (bicyclic) bond motifs is 1. The van der Waals surface area contributed by atoms with Crippen molar-refractivity contribution in [1.82, 2.24) is 0 Å². The van der Waals surface area contributed by atoms with Gasteiger partial charge in [-0.25, -0.2) is 9.69 Å². The summed E-state index contributed by atoms with van der Waals surface area (Å²) in [5.41, 5.74) is 3.41. The van der Waals surface area contributed by atoms with Crippen LogP contribution in [0.4, 0.5) is 5.69 Å². The van der Waals surface area contributed by atoms with E-state index >= 15 is 0 Å². The summed E-state index contributed by atoms with van der Waals surface area (Å²) in [6.45, 7) is 5.52. The summed E-state index contributed by atoms with van der Waals surface area (Å²) in [5, 5.41) is 0. The Bertz CT molecular complexity index is 1610. The standard InChI is InChI=1S/C32H25NO6/c1-19-9-13-26(17-20(19)2)39-25-14-11-24(12-15-25)33-30(35)27-16-10-23(18-28(27)31(33)36)32(37)38-21(3)29(34)22-7-5-4-6-8-22/h4-18,21H,1-3H3. The Labute approximate surface area is 225 Å². The van der Waals surface area contributed by atoms with E-state index in [4.69, 9.17) is 9.47 Å². The van der Waals surface area contributed by atoms with E-state index in [1.807, 2.05) is 32.0 Å². The predicted octanol–water partition coefficient (Wildman–Crippen LogP) is 6.32. The lowest BCUT2D eigenvalue weighted by Crippen LogP contribution is -2.29. The van der Waals surface area contributed by atoms with Crippen molar-refractivity contribution in [3.8, 4) is 11.5 Å². The van der Waals surface area contributed by atoms with Crippen molar-refractivity contribution < 1.29 is 28.7 Å². The molecular formula is C32H25NO6. The molecule has 0 saturated carbocycles. The van der Waals surface area contributed by atoms with Gasteiger partial charge in [0.25, 0.3) is 11.8 Å². The van der Waals surface area contributed by atoms with Crippen molar-refractivity contribution in [2.45, 2.75) is 26.9 Å². The second kappa shape index (κ2) is 10.4. The first-order valence-electron chi connectivity index (χ1n) is 12.4. The second-order valence-electron chi connectivity index (χ2n) is 9.33. The zero-order chi connectivity index (χ0) is 27.7. The largest absolute Gasteiger partial charge is 0.457 e. The maximum Gasteiger partial charge on any atom is 0.338 e. The minimum absolute atomic E-state index is 0.0709. The molecular weight excluding hydrogens is 494 g/mol. The molecule has 39 heavy (non-hydrogen) atoms. The van der Waals surface area contributed by atoms with Gasteiger partial charge in [0.15, 0.2) is 6.10 Å². The molecule has 7 heteroatoms. The predicted molar refractivity (Wildman–Crippen MR) is 146 cm³/mol. The van der Waals surface area contributed by atoms with E-state index in [2.05, 4.69) is 0 Å². The van der Waals surface area contributed by atoms with E-state index in [-0.39, 0.29) is 22.5 Å². The normalized spacial score (nSPS) is 13.2. The molecule has 1 atom stereocenters. The molecule has 2 amide bonds. The minimum Gasteiger partial charge on any atom is -0.457 e. The number of nitrogens with zero attached hydrogens (tertiary/aromatic N) is 1. The fourth-order valence-electron chi connectivity index (χ4n) is 4.30. The van der Waals surface area contributed by atoms with Gasteiger partial charge in [0, 0.05) is 5.56 Å². The van der Waals surface area contributed by atoms with Gasteiger partial charge in [0.2, 0.25) is 5.78 Å². The first kappa shape index (κ1) is 25.6. The van der Waals surface area contributed by atoms with Crippen LogP contribution in [-0.4, -0.2) is 29.7 Å². The zero-order valence-corrected chi connectivity index (χ0v) is 21.6. The number of hydrogen-bond donors (Lipinski definition) is 0. The van der Waals surface area contributed by atoms with E-state index in [1.165, 1.54) is 25.1 Å². The van der Waals surface area contributed by atoms with E-state index in [0.717, 1.165) is 16.0 Å². The van der Waals surface area contributed by atoms with Gasteiger partial charge in [-0.3, -0.25) is 14.4 Å². The van der Waals surface area contributed by atoms with Crippen molar-refractivity contribution in [2.75, 3.05) is 4.90 Å². The Morgan fingerprint density at radius 2 is 1.36 bits per heavy atom. The third-order valence-electron chi connectivity index (χ3n) is 6.64. The van der Waals surface area contributed by atoms with Gasteiger partial charge in [-0.2, -0.15) is 0 Å². The van der Waals surface area contributed by atoms with Crippen LogP contribution in [0.2, 0.25) is 0 Å². The van der Waals surface area contributed by atoms with Crippen molar-refractivity contribution in [2.24, 2.45) is 0 Å². The van der Waals surface area contributed by atoms with Crippen LogP contribution >= 0.6 is 0 Å². The van der Waals surface area contributed by atoms with E-state index < -0.39 is 23.9 Å². The first-order valence-corrected chi connectivity index (χ1v) is 12.4. The quantitative estimate of drug-likeness (QED) is 0.161. The number of hydrogen-bond acceptors (Lipinski definition) is 6. The molecule has 1 heterocycles. The number of ketones is 1. The summed E-state index contributed by atoms with van der Waals surface area (Å²) >= 11 is 0. The monoisotopic (exact) mass is 519 g/mol. The van der Waals surface area contributed by atoms with Gasteiger partial charge >= 0.3 is 5.97 Å². The first-order chi connectivity index (χ1) is 18.7. The Hall–Kier alpha value is -5.04. The highest BCUT2D eigenvalue weighted by Gasteiger charge is 2.37. The smallest absolute Gasteiger partial charge is 0.338 e. The third-order valence-corrected chi connectivity index (χ3v) is 6.64. The van der Waals surface area contributed by atoms with Crippen LogP contribution in [0.25, 0.3) is 0 Å². The fraction of sp³-hybridized carbons (Fsp3) is 0.125. The summed E-state index contributed by atoms with van der Waals surface area (Å²) in [7, 11) is 0. The molecule has 4 aromatic rings. The number of carbonyl (C=O) groups excluding carboxylic acids is 4. The number of amides is 2. The summed E-state index contributed by atoms with van der Waals surface area (Å²) < 4.78 is 11.3. The van der Waals surface area contributed by atoms with Gasteiger partial charge in [-0.05, 0) is 86.5 Å². The number of imide groups is 1. The van der Waals surface area contributed by atoms with Crippen LogP contribution in [0.3, 0.4) is 0 Å². The second-order valence-corrected chi connectivity index (χ2v) is 9.33. The van der Waals surface area contributed by atoms with Crippen LogP contribution in [0.15, 0.2) is 91.0 Å². The molecule has 0 aromatic heterocycles. The number of anilines is 1. The molecule has 1 unspecified atom stereocenters. The number of aryl methyl sites for hydroxylation is 2. The number of ether oxygens (including phenoxy) is 2. The lowest BCUT2D eigenvalue weighted by atomic mass is 10.1. The molecule has 4 aromatic carbocycles. The Morgan fingerprint density at radius 3 is 2.05 bits per heavy atom. The Balaban J connectivity index is 1.30. The highest BCUT2D eigenvalue weighted by atomic mass is 16.5. The van der Waals surface area contributed by atoms with Crippen LogP contribution < -0.4 is 9.64 Å². The maximum absolute atomic E-state index is 13.2. The van der Waals surface area contributed by atoms with Crippen molar-refractivity contribution >= 4 is 29.3 Å². The lowest BCUT2D eigenvalue weighted by Gasteiger charge is -2.15. The van der Waals surface area contributed by atoms with Gasteiger partial charge < -0.3 is 9.47 Å². The molecule has 7 nitrogen and oxygen atoms in total. The summed E-state index contributed by atoms with van der Waals surface area (Å²) in [5.74, 6) is -0.909. The van der Waals surface area contributed by atoms with Crippen LogP contribution in [0, 0.1) is 13.8 Å². The van der Waals surface area contributed by atoms with Crippen LogP contribution in [-0.2, 0) is 4.74 Å². The molecule has 0 fully saturated rings. The van der Waals surface area contributed by atoms with Crippen LogP contribution in [0.5, 0.6) is 11.5 Å². The Kier molecular flexibility index (Phi) is 6.81. The van der Waals surface area contributed by atoms with E-state index in [0.29, 0.717) is 22.7 Å². The SMILES string of the molecule is Cc1ccc(Oc2ccc(N3C(=O)c4ccc(C(=O)OC(C)C(=O)c5ccccc5)cc4C3=O)cc2)cc1C. The fourth-order valence-corrected chi connectivity index (χ4v) is 4.30. The molecule has 5 rings (SSSR count). The number of Topliss-reactive ketones (excluding diaryl/α,β-unsaturated/α-hetero) is 1. The average molecular weight is 520 g/mol. The summed E-state index contributed by atoms with van der Waals surface area (Å²) in [6, 6.07) is 25.1. The number of carbonyl (C=O) groups is 4. The van der Waals surface area contributed by atoms with Gasteiger partial charge in [-0.15, -0.1) is 0 Å². The van der Waals surface area contributed by atoms with Gasteiger partial charge in [0.1, 0.15) is 11.5 Å². The molecule has 0 aliphatic carbocycles. The van der Waals surface area contributed by atoms with E-state index in [1.54, 1.807) is 54.6 Å². The van der Waals surface area contributed by atoms with Crippen molar-refractivity contribution in [3.63, 3.8) is 0 Å². The molecule has 0 bridgehead atoms. The molecule has 1 aliphatic heterocycles. The average Bonchev–Trinajstić information content (AvgIpc) is 3.20.